The van der Waals surface area contributed by atoms with Crippen LogP contribution in [-0.4, -0.2) is 23.2 Å². The Morgan fingerprint density at radius 3 is 1.93 bits per heavy atom. The summed E-state index contributed by atoms with van der Waals surface area (Å²) in [5.41, 5.74) is 9.09. The highest BCUT2D eigenvalue weighted by atomic mass is 16.3. The average Bonchev–Trinajstić information content (AvgIpc) is 3.79. The molecule has 0 spiro atoms. The predicted octanol–water partition coefficient (Wildman–Crippen LogP) is 8.34. The smallest absolute Gasteiger partial charge is 0.223 e. The van der Waals surface area contributed by atoms with Crippen molar-refractivity contribution in [3.8, 4) is 0 Å². The molecule has 0 aliphatic heterocycles. The summed E-state index contributed by atoms with van der Waals surface area (Å²) in [4.78, 5) is 10.6. The summed E-state index contributed by atoms with van der Waals surface area (Å²) >= 11 is 0. The summed E-state index contributed by atoms with van der Waals surface area (Å²) in [5, 5.41) is 7.01. The van der Waals surface area contributed by atoms with Gasteiger partial charge in [-0.2, -0.15) is 0 Å². The largest absolute Gasteiger partial charge is 0.454 e. The third-order valence-corrected chi connectivity index (χ3v) is 8.77. The lowest BCUT2D eigenvalue weighted by atomic mass is 10.00. The fraction of sp³-hybridized carbons (Fsp3) is 0. The van der Waals surface area contributed by atoms with E-state index in [1.54, 1.807) is 0 Å². The molecule has 0 atom stereocenters. The Bertz CT molecular complexity index is 2880. The molecule has 5 aromatic heterocycles. The van der Waals surface area contributed by atoms with E-state index in [4.69, 9.17) is 14.4 Å². The number of aromatic nitrogens is 5. The van der Waals surface area contributed by atoms with E-state index < -0.39 is 0 Å². The van der Waals surface area contributed by atoms with Crippen molar-refractivity contribution < 1.29 is 4.42 Å². The molecule has 0 fully saturated rings. The maximum atomic E-state index is 6.37. The van der Waals surface area contributed by atoms with E-state index in [2.05, 4.69) is 104 Å². The first-order valence-electron chi connectivity index (χ1n) is 13.5. The van der Waals surface area contributed by atoms with Gasteiger partial charge in [-0.3, -0.25) is 8.80 Å². The number of nitrogens with zero attached hydrogens (tertiary/aromatic N) is 5. The Labute approximate surface area is 224 Å². The van der Waals surface area contributed by atoms with Crippen molar-refractivity contribution in [3.05, 3.63) is 103 Å². The lowest BCUT2D eigenvalue weighted by molar-refractivity contribution is 0.672. The second kappa shape index (κ2) is 6.33. The van der Waals surface area contributed by atoms with Crippen LogP contribution in [0.5, 0.6) is 0 Å². The van der Waals surface area contributed by atoms with Crippen molar-refractivity contribution in [2.45, 2.75) is 0 Å². The molecule has 0 N–H and O–H groups in total. The fourth-order valence-corrected chi connectivity index (χ4v) is 7.17. The number of para-hydroxylation sites is 2. The first-order valence-corrected chi connectivity index (χ1v) is 13.5. The number of benzene rings is 6. The van der Waals surface area contributed by atoms with Gasteiger partial charge < -0.3 is 4.42 Å². The lowest BCUT2D eigenvalue weighted by Crippen LogP contribution is -1.88. The Hall–Kier alpha value is -5.62. The fourth-order valence-electron chi connectivity index (χ4n) is 7.17. The summed E-state index contributed by atoms with van der Waals surface area (Å²) in [6.07, 6.45) is 0. The van der Waals surface area contributed by atoms with Crippen LogP contribution in [0.25, 0.3) is 93.7 Å². The zero-order chi connectivity index (χ0) is 25.7. The Morgan fingerprint density at radius 2 is 1.07 bits per heavy atom. The van der Waals surface area contributed by atoms with Crippen molar-refractivity contribution >= 4 is 93.7 Å². The van der Waals surface area contributed by atoms with Crippen LogP contribution in [0.3, 0.4) is 0 Å². The topological polar surface area (TPSA) is 52.2 Å². The van der Waals surface area contributed by atoms with Crippen LogP contribution in [-0.2, 0) is 0 Å². The lowest BCUT2D eigenvalue weighted by Gasteiger charge is -2.07. The van der Waals surface area contributed by atoms with Gasteiger partial charge in [0, 0.05) is 21.5 Å². The van der Waals surface area contributed by atoms with E-state index in [9.17, 15) is 0 Å². The molecule has 0 saturated heterocycles. The number of rotatable bonds is 0. The number of fused-ring (bicyclic) bond motifs is 19. The molecule has 5 heterocycles. The second-order valence-electron chi connectivity index (χ2n) is 10.7. The molecular weight excluding hydrogens is 494 g/mol. The summed E-state index contributed by atoms with van der Waals surface area (Å²) in [6, 6.07) is 36.3. The van der Waals surface area contributed by atoms with E-state index in [0.717, 1.165) is 77.5 Å². The Balaban J connectivity index is 1.42. The molecular formula is C34H17N5O. The normalized spacial score (nSPS) is 13.0. The van der Waals surface area contributed by atoms with Crippen LogP contribution in [0.4, 0.5) is 0 Å². The van der Waals surface area contributed by atoms with Crippen LogP contribution in [0, 0.1) is 0 Å². The Kier molecular flexibility index (Phi) is 3.08. The van der Waals surface area contributed by atoms with Gasteiger partial charge in [-0.1, -0.05) is 72.8 Å². The molecule has 11 aromatic rings. The minimum Gasteiger partial charge on any atom is -0.454 e. The van der Waals surface area contributed by atoms with Crippen LogP contribution >= 0.6 is 0 Å². The van der Waals surface area contributed by atoms with Crippen molar-refractivity contribution in [2.75, 3.05) is 0 Å². The highest BCUT2D eigenvalue weighted by molar-refractivity contribution is 6.25. The summed E-state index contributed by atoms with van der Waals surface area (Å²) in [6.45, 7) is 0. The number of hydrogen-bond acceptors (Lipinski definition) is 3. The van der Waals surface area contributed by atoms with E-state index >= 15 is 0 Å². The van der Waals surface area contributed by atoms with E-state index in [1.165, 1.54) is 16.2 Å². The standard InChI is InChI=1S/C34H17N5O/c1-3-11-21-18(8-1)19-9-2-4-12-22(19)30-28(21)35-34-38(30)26-14-7-13-25-31(26)39(34)33-36-29-24(37(25)33)17-16-23-20-10-5-6-15-27(20)40-32(23)29/h1-17H. The molecule has 0 bridgehead atoms. The number of imidazole rings is 4. The molecule has 0 amide bonds. The van der Waals surface area contributed by atoms with Crippen LogP contribution < -0.4 is 0 Å². The molecule has 0 saturated carbocycles. The molecule has 6 nitrogen and oxygen atoms in total. The van der Waals surface area contributed by atoms with Crippen molar-refractivity contribution in [3.63, 3.8) is 0 Å². The van der Waals surface area contributed by atoms with Gasteiger partial charge in [-0.05, 0) is 41.1 Å². The molecule has 11 rings (SSSR count). The average molecular weight is 512 g/mol. The van der Waals surface area contributed by atoms with Crippen LogP contribution in [0.2, 0.25) is 0 Å². The van der Waals surface area contributed by atoms with Gasteiger partial charge >= 0.3 is 0 Å². The van der Waals surface area contributed by atoms with Gasteiger partial charge in [0.1, 0.15) is 16.6 Å². The quantitative estimate of drug-likeness (QED) is 0.192. The highest BCUT2D eigenvalue weighted by Crippen LogP contribution is 2.41. The van der Waals surface area contributed by atoms with Gasteiger partial charge in [0.2, 0.25) is 11.6 Å². The van der Waals surface area contributed by atoms with Gasteiger partial charge in [-0.15, -0.1) is 0 Å². The van der Waals surface area contributed by atoms with E-state index in [1.807, 2.05) is 12.1 Å². The highest BCUT2D eigenvalue weighted by Gasteiger charge is 2.26. The van der Waals surface area contributed by atoms with Crippen LogP contribution in [0.1, 0.15) is 0 Å². The summed E-state index contributed by atoms with van der Waals surface area (Å²) < 4.78 is 13.2. The van der Waals surface area contributed by atoms with Crippen molar-refractivity contribution in [1.82, 2.24) is 23.2 Å². The van der Waals surface area contributed by atoms with E-state index in [-0.39, 0.29) is 0 Å². The first-order chi connectivity index (χ1) is 19.9. The van der Waals surface area contributed by atoms with Gasteiger partial charge in [0.25, 0.3) is 0 Å². The zero-order valence-corrected chi connectivity index (χ0v) is 21.0. The van der Waals surface area contributed by atoms with Gasteiger partial charge in [0.05, 0.1) is 27.6 Å². The Morgan fingerprint density at radius 1 is 0.425 bits per heavy atom. The van der Waals surface area contributed by atoms with Gasteiger partial charge in [0.15, 0.2) is 5.58 Å². The third kappa shape index (κ3) is 2.00. The summed E-state index contributed by atoms with van der Waals surface area (Å²) in [7, 11) is 0. The molecule has 6 heteroatoms. The molecule has 0 radical (unpaired) electrons. The van der Waals surface area contributed by atoms with Crippen molar-refractivity contribution in [2.24, 2.45) is 0 Å². The maximum absolute atomic E-state index is 6.37. The molecule has 0 aliphatic carbocycles. The van der Waals surface area contributed by atoms with E-state index in [0.29, 0.717) is 0 Å². The second-order valence-corrected chi connectivity index (χ2v) is 10.7. The number of hydrogen-bond donors (Lipinski definition) is 0. The molecule has 0 aliphatic rings. The molecule has 6 aromatic carbocycles. The molecule has 0 unspecified atom stereocenters. The van der Waals surface area contributed by atoms with Crippen molar-refractivity contribution in [1.29, 1.82) is 0 Å². The predicted molar refractivity (Wildman–Crippen MR) is 161 cm³/mol. The SMILES string of the molecule is c1ccc2c(c1)oc1c2ccc2c1nc1n2c2cccc3c2n1c1nc2c4ccccc4c4ccccc4c2n31. The van der Waals surface area contributed by atoms with Gasteiger partial charge in [-0.25, -0.2) is 14.4 Å². The maximum Gasteiger partial charge on any atom is 0.223 e. The first kappa shape index (κ1) is 19.4. The monoisotopic (exact) mass is 511 g/mol. The summed E-state index contributed by atoms with van der Waals surface area (Å²) in [5.74, 6) is 1.71. The molecule has 184 valence electrons. The van der Waals surface area contributed by atoms with Crippen LogP contribution in [0.15, 0.2) is 108 Å². The third-order valence-electron chi connectivity index (χ3n) is 8.77. The minimum atomic E-state index is 0.822. The minimum absolute atomic E-state index is 0.822. The number of furan rings is 1. The molecule has 40 heavy (non-hydrogen) atoms. The zero-order valence-electron chi connectivity index (χ0n) is 21.0.